The molecular formula is C14H22N2O5. The zero-order valence-electron chi connectivity index (χ0n) is 12.5. The molecule has 0 aliphatic carbocycles. The summed E-state index contributed by atoms with van der Waals surface area (Å²) >= 11 is 0. The Bertz CT molecular complexity index is 439. The summed E-state index contributed by atoms with van der Waals surface area (Å²) in [5.74, 6) is -0.144. The number of nitrogens with two attached hydrogens (primary N) is 1. The van der Waals surface area contributed by atoms with E-state index in [1.54, 1.807) is 14.0 Å². The van der Waals surface area contributed by atoms with Crippen molar-refractivity contribution in [1.29, 1.82) is 0 Å². The van der Waals surface area contributed by atoms with Crippen LogP contribution in [0.1, 0.15) is 23.7 Å². The zero-order chi connectivity index (χ0) is 15.5. The average Bonchev–Trinajstić information content (AvgIpc) is 2.48. The first-order valence-corrected chi connectivity index (χ1v) is 6.81. The van der Waals surface area contributed by atoms with E-state index in [1.165, 1.54) is 12.3 Å². The summed E-state index contributed by atoms with van der Waals surface area (Å²) < 4.78 is 20.5. The highest BCUT2D eigenvalue weighted by Gasteiger charge is 2.12. The molecule has 2 N–H and O–H groups in total. The van der Waals surface area contributed by atoms with Crippen LogP contribution in [0.25, 0.3) is 0 Å². The molecule has 118 valence electrons. The molecule has 1 rings (SSSR count). The number of methoxy groups -OCH3 is 1. The maximum Gasteiger partial charge on any atom is 0.340 e. The minimum atomic E-state index is -0.481. The van der Waals surface area contributed by atoms with Gasteiger partial charge in [-0.25, -0.2) is 9.78 Å². The molecule has 0 fully saturated rings. The van der Waals surface area contributed by atoms with Crippen molar-refractivity contribution in [3.63, 3.8) is 0 Å². The lowest BCUT2D eigenvalue weighted by Gasteiger charge is -2.09. The van der Waals surface area contributed by atoms with E-state index in [-0.39, 0.29) is 17.9 Å². The lowest BCUT2D eigenvalue weighted by atomic mass is 10.2. The van der Waals surface area contributed by atoms with Gasteiger partial charge in [-0.15, -0.1) is 0 Å². The minimum Gasteiger partial charge on any atom is -0.478 e. The molecule has 1 aromatic heterocycles. The number of nitrogen functional groups attached to an aromatic ring is 1. The van der Waals surface area contributed by atoms with Gasteiger partial charge in [0.1, 0.15) is 0 Å². The third kappa shape index (κ3) is 6.42. The summed E-state index contributed by atoms with van der Waals surface area (Å²) in [6, 6.07) is 1.49. The maximum atomic E-state index is 11.7. The van der Waals surface area contributed by atoms with Crippen LogP contribution in [-0.4, -0.2) is 51.1 Å². The van der Waals surface area contributed by atoms with Crippen molar-refractivity contribution in [2.75, 3.05) is 45.9 Å². The van der Waals surface area contributed by atoms with Gasteiger partial charge in [0.2, 0.25) is 5.88 Å². The quantitative estimate of drug-likeness (QED) is 0.513. The Morgan fingerprint density at radius 2 is 2.10 bits per heavy atom. The minimum absolute atomic E-state index is 0.262. The summed E-state index contributed by atoms with van der Waals surface area (Å²) in [7, 11) is 1.63. The van der Waals surface area contributed by atoms with Crippen molar-refractivity contribution in [2.24, 2.45) is 0 Å². The third-order valence-electron chi connectivity index (χ3n) is 2.52. The van der Waals surface area contributed by atoms with E-state index < -0.39 is 5.97 Å². The lowest BCUT2D eigenvalue weighted by Crippen LogP contribution is -2.10. The van der Waals surface area contributed by atoms with Gasteiger partial charge in [0.15, 0.2) is 0 Å². The molecule has 1 heterocycles. The number of nitrogens with zero attached hydrogens (tertiary/aromatic N) is 1. The van der Waals surface area contributed by atoms with Gasteiger partial charge >= 0.3 is 5.97 Å². The SMILES string of the molecule is CCOC(=O)c1cc(OCCCOCCOC)ncc1N. The first-order chi connectivity index (χ1) is 10.2. The van der Waals surface area contributed by atoms with Crippen LogP contribution >= 0.6 is 0 Å². The molecule has 0 atom stereocenters. The summed E-state index contributed by atoms with van der Waals surface area (Å²) in [6.07, 6.45) is 2.10. The first-order valence-electron chi connectivity index (χ1n) is 6.81. The van der Waals surface area contributed by atoms with Gasteiger partial charge in [-0.1, -0.05) is 0 Å². The Kier molecular flexibility index (Phi) is 8.15. The molecule has 1 aromatic rings. The molecule has 0 spiro atoms. The van der Waals surface area contributed by atoms with Crippen LogP contribution in [0.15, 0.2) is 12.3 Å². The molecule has 0 bridgehead atoms. The molecule has 7 nitrogen and oxygen atoms in total. The second kappa shape index (κ2) is 9.95. The topological polar surface area (TPSA) is 92.9 Å². The van der Waals surface area contributed by atoms with Crippen LogP contribution in [0.2, 0.25) is 0 Å². The maximum absolute atomic E-state index is 11.7. The molecule has 21 heavy (non-hydrogen) atoms. The zero-order valence-corrected chi connectivity index (χ0v) is 12.5. The van der Waals surface area contributed by atoms with Crippen LogP contribution in [0.3, 0.4) is 0 Å². The highest BCUT2D eigenvalue weighted by Crippen LogP contribution is 2.17. The number of anilines is 1. The van der Waals surface area contributed by atoms with E-state index in [2.05, 4.69) is 4.98 Å². The Labute approximate surface area is 124 Å². The standard InChI is InChI=1S/C14H22N2O5/c1-3-20-14(17)11-9-13(16-10-12(11)15)21-6-4-5-19-8-7-18-2/h9-10H,3-8,15H2,1-2H3. The number of ether oxygens (including phenoxy) is 4. The van der Waals surface area contributed by atoms with Crippen molar-refractivity contribution in [3.05, 3.63) is 17.8 Å². The molecule has 0 aliphatic heterocycles. The highest BCUT2D eigenvalue weighted by atomic mass is 16.5. The van der Waals surface area contributed by atoms with Crippen molar-refractivity contribution < 1.29 is 23.7 Å². The second-order valence-electron chi connectivity index (χ2n) is 4.14. The molecule has 0 amide bonds. The number of rotatable bonds is 10. The molecule has 0 aliphatic rings. The van der Waals surface area contributed by atoms with E-state index >= 15 is 0 Å². The fraction of sp³-hybridized carbons (Fsp3) is 0.571. The third-order valence-corrected chi connectivity index (χ3v) is 2.52. The molecule has 0 unspecified atom stereocenters. The van der Waals surface area contributed by atoms with Crippen LogP contribution in [-0.2, 0) is 14.2 Å². The van der Waals surface area contributed by atoms with Crippen molar-refractivity contribution in [2.45, 2.75) is 13.3 Å². The summed E-state index contributed by atoms with van der Waals surface area (Å²) in [6.45, 7) is 4.16. The molecular weight excluding hydrogens is 276 g/mol. The second-order valence-corrected chi connectivity index (χ2v) is 4.14. The number of aromatic nitrogens is 1. The van der Waals surface area contributed by atoms with Gasteiger partial charge in [0, 0.05) is 26.2 Å². The molecule has 0 aromatic carbocycles. The van der Waals surface area contributed by atoms with E-state index in [1.807, 2.05) is 0 Å². The summed E-state index contributed by atoms with van der Waals surface area (Å²) in [5.41, 5.74) is 6.22. The average molecular weight is 298 g/mol. The van der Waals surface area contributed by atoms with E-state index in [0.717, 1.165) is 0 Å². The summed E-state index contributed by atoms with van der Waals surface area (Å²) in [5, 5.41) is 0. The van der Waals surface area contributed by atoms with Gasteiger partial charge in [-0.3, -0.25) is 0 Å². The molecule has 7 heteroatoms. The van der Waals surface area contributed by atoms with E-state index in [0.29, 0.717) is 38.7 Å². The fourth-order valence-corrected chi connectivity index (χ4v) is 1.49. The van der Waals surface area contributed by atoms with Crippen LogP contribution in [0, 0.1) is 0 Å². The number of pyridine rings is 1. The fourth-order valence-electron chi connectivity index (χ4n) is 1.49. The van der Waals surface area contributed by atoms with E-state index in [9.17, 15) is 4.79 Å². The van der Waals surface area contributed by atoms with E-state index in [4.69, 9.17) is 24.7 Å². The monoisotopic (exact) mass is 298 g/mol. The Morgan fingerprint density at radius 1 is 1.29 bits per heavy atom. The van der Waals surface area contributed by atoms with Crippen LogP contribution in [0.4, 0.5) is 5.69 Å². The lowest BCUT2D eigenvalue weighted by molar-refractivity contribution is 0.0526. The Morgan fingerprint density at radius 3 is 2.81 bits per heavy atom. The van der Waals surface area contributed by atoms with Gasteiger partial charge in [0.05, 0.1) is 43.9 Å². The Hall–Kier alpha value is -1.86. The number of hydrogen-bond acceptors (Lipinski definition) is 7. The Balaban J connectivity index is 2.38. The van der Waals surface area contributed by atoms with Crippen molar-refractivity contribution in [3.8, 4) is 5.88 Å². The van der Waals surface area contributed by atoms with Crippen molar-refractivity contribution in [1.82, 2.24) is 4.98 Å². The molecule has 0 radical (unpaired) electrons. The first kappa shape index (κ1) is 17.2. The van der Waals surface area contributed by atoms with Gasteiger partial charge in [-0.2, -0.15) is 0 Å². The number of esters is 1. The van der Waals surface area contributed by atoms with Crippen molar-refractivity contribution >= 4 is 11.7 Å². The van der Waals surface area contributed by atoms with Gasteiger partial charge in [-0.05, 0) is 6.92 Å². The predicted molar refractivity (Wildman–Crippen MR) is 77.4 cm³/mol. The molecule has 0 saturated heterocycles. The van der Waals surface area contributed by atoms with Gasteiger partial charge in [0.25, 0.3) is 0 Å². The van der Waals surface area contributed by atoms with Gasteiger partial charge < -0.3 is 24.7 Å². The number of carbonyl (C=O) groups is 1. The normalized spacial score (nSPS) is 10.4. The smallest absolute Gasteiger partial charge is 0.340 e. The predicted octanol–water partition coefficient (Wildman–Crippen LogP) is 1.27. The van der Waals surface area contributed by atoms with Crippen LogP contribution in [0.5, 0.6) is 5.88 Å². The highest BCUT2D eigenvalue weighted by molar-refractivity contribution is 5.95. The summed E-state index contributed by atoms with van der Waals surface area (Å²) in [4.78, 5) is 15.7. The number of hydrogen-bond donors (Lipinski definition) is 1. The molecule has 0 saturated carbocycles. The number of carbonyl (C=O) groups excluding carboxylic acids is 1. The van der Waals surface area contributed by atoms with Crippen LogP contribution < -0.4 is 10.5 Å². The largest absolute Gasteiger partial charge is 0.478 e.